The van der Waals surface area contributed by atoms with Gasteiger partial charge in [-0.1, -0.05) is 46.3 Å². The van der Waals surface area contributed by atoms with Crippen molar-refractivity contribution in [2.45, 2.75) is 242 Å². The Labute approximate surface area is 468 Å². The topological polar surface area (TPSA) is 418 Å². The van der Waals surface area contributed by atoms with Crippen LogP contribution in [0.15, 0.2) is 11.6 Å². The molecule has 4 heterocycles. The van der Waals surface area contributed by atoms with Crippen molar-refractivity contribution in [3.63, 3.8) is 0 Å². The lowest BCUT2D eigenvalue weighted by Gasteiger charge is -2.71. The van der Waals surface area contributed by atoms with E-state index < -0.39 is 212 Å². The summed E-state index contributed by atoms with van der Waals surface area (Å²) < 4.78 is 52.4. The highest BCUT2D eigenvalue weighted by molar-refractivity contribution is 5.80. The molecule has 26 nitrogen and oxygen atoms in total. The van der Waals surface area contributed by atoms with Crippen LogP contribution in [0.25, 0.3) is 0 Å². The lowest BCUT2D eigenvalue weighted by atomic mass is 9.33. The number of esters is 2. The third kappa shape index (κ3) is 10.1. The summed E-state index contributed by atoms with van der Waals surface area (Å²) in [7, 11) is 0. The van der Waals surface area contributed by atoms with Crippen LogP contribution in [0.5, 0.6) is 0 Å². The number of carboxylic acids is 1. The predicted molar refractivity (Wildman–Crippen MR) is 270 cm³/mol. The Morgan fingerprint density at radius 2 is 1.22 bits per heavy atom. The van der Waals surface area contributed by atoms with E-state index in [-0.39, 0.29) is 37.0 Å². The molecule has 30 atom stereocenters. The van der Waals surface area contributed by atoms with Crippen molar-refractivity contribution in [1.29, 1.82) is 0 Å². The quantitative estimate of drug-likeness (QED) is 0.0533. The Morgan fingerprint density at radius 3 is 1.85 bits per heavy atom. The van der Waals surface area contributed by atoms with E-state index in [1.165, 1.54) is 13.8 Å². The van der Waals surface area contributed by atoms with Gasteiger partial charge in [-0.05, 0) is 105 Å². The van der Waals surface area contributed by atoms with Gasteiger partial charge < -0.3 is 114 Å². The summed E-state index contributed by atoms with van der Waals surface area (Å²) in [6.45, 7) is 12.2. The maximum absolute atomic E-state index is 15.3. The van der Waals surface area contributed by atoms with Crippen LogP contribution in [0.4, 0.5) is 0 Å². The summed E-state index contributed by atoms with van der Waals surface area (Å²) in [5, 5.41) is 155. The maximum atomic E-state index is 15.3. The van der Waals surface area contributed by atoms with Crippen LogP contribution in [0.3, 0.4) is 0 Å². The number of aliphatic carboxylic acids is 1. The molecule has 0 bridgehead atoms. The van der Waals surface area contributed by atoms with E-state index in [0.29, 0.717) is 25.7 Å². The molecule has 81 heavy (non-hydrogen) atoms. The first-order valence-electron chi connectivity index (χ1n) is 28.3. The molecule has 0 unspecified atom stereocenters. The molecular weight excluding hydrogens is 1080 g/mol. The number of carbonyl (C=O) groups excluding carboxylic acids is 2. The van der Waals surface area contributed by atoms with Crippen LogP contribution in [0.1, 0.15) is 107 Å². The Hall–Kier alpha value is -2.65. The van der Waals surface area contributed by atoms with Gasteiger partial charge in [-0.25, -0.2) is 0 Å². The average molecular weight is 1160 g/mol. The zero-order valence-corrected chi connectivity index (χ0v) is 46.9. The molecule has 0 spiro atoms. The third-order valence-corrected chi connectivity index (χ3v) is 21.4. The Morgan fingerprint density at radius 1 is 0.617 bits per heavy atom. The molecule has 14 N–H and O–H groups in total. The first-order chi connectivity index (χ1) is 37.8. The average Bonchev–Trinajstić information content (AvgIpc) is 1.25. The van der Waals surface area contributed by atoms with Gasteiger partial charge in [0.2, 0.25) is 6.29 Å². The normalized spacial score (nSPS) is 53.3. The molecule has 0 amide bonds. The minimum Gasteiger partial charge on any atom is -0.481 e. The minimum absolute atomic E-state index is 0.0155. The second kappa shape index (κ2) is 22.6. The molecule has 9 rings (SSSR count). The summed E-state index contributed by atoms with van der Waals surface area (Å²) in [4.78, 5) is 41.0. The fourth-order valence-electron chi connectivity index (χ4n) is 16.7. The number of rotatable bonds is 12. The molecule has 0 radical (unpaired) electrons. The van der Waals surface area contributed by atoms with Gasteiger partial charge in [0.25, 0.3) is 0 Å². The molecular formula is C55H86O26. The molecule has 5 aliphatic carbocycles. The lowest BCUT2D eigenvalue weighted by molar-refractivity contribution is -0.373. The van der Waals surface area contributed by atoms with Crippen LogP contribution < -0.4 is 0 Å². The lowest BCUT2D eigenvalue weighted by Crippen LogP contribution is -2.71. The van der Waals surface area contributed by atoms with Gasteiger partial charge in [-0.3, -0.25) is 14.4 Å². The Balaban J connectivity index is 0.982. The van der Waals surface area contributed by atoms with Crippen molar-refractivity contribution in [2.75, 3.05) is 19.8 Å². The predicted octanol–water partition coefficient (Wildman–Crippen LogP) is -2.79. The number of fused-ring (bicyclic) bond motifs is 7. The van der Waals surface area contributed by atoms with Crippen molar-refractivity contribution in [3.05, 3.63) is 11.6 Å². The molecule has 9 aliphatic rings. The van der Waals surface area contributed by atoms with Crippen LogP contribution in [0, 0.1) is 50.2 Å². The zero-order valence-electron chi connectivity index (χ0n) is 46.9. The van der Waals surface area contributed by atoms with Crippen molar-refractivity contribution in [3.8, 4) is 0 Å². The summed E-state index contributed by atoms with van der Waals surface area (Å²) in [5.74, 6) is -4.61. The molecule has 4 saturated heterocycles. The van der Waals surface area contributed by atoms with E-state index in [1.54, 1.807) is 0 Å². The second-order valence-electron chi connectivity index (χ2n) is 26.4. The van der Waals surface area contributed by atoms with E-state index in [2.05, 4.69) is 33.8 Å². The van der Waals surface area contributed by atoms with Gasteiger partial charge in [-0.15, -0.1) is 0 Å². The van der Waals surface area contributed by atoms with E-state index in [9.17, 15) is 81.1 Å². The molecule has 4 saturated carbocycles. The van der Waals surface area contributed by atoms with Crippen molar-refractivity contribution in [1.82, 2.24) is 0 Å². The van der Waals surface area contributed by atoms with E-state index in [4.69, 9.17) is 42.6 Å². The summed E-state index contributed by atoms with van der Waals surface area (Å²) in [6.07, 6.45) is -32.3. The zero-order chi connectivity index (χ0) is 59.6. The number of aliphatic hydroxyl groups is 13. The number of allylic oxidation sites excluding steroid dienone is 2. The van der Waals surface area contributed by atoms with Gasteiger partial charge in [0.1, 0.15) is 84.8 Å². The minimum atomic E-state index is -2.00. The summed E-state index contributed by atoms with van der Waals surface area (Å²) >= 11 is 0. The summed E-state index contributed by atoms with van der Waals surface area (Å²) in [5.41, 5.74) is -5.42. The smallest absolute Gasteiger partial charge is 0.317 e. The number of hydrogen-bond acceptors (Lipinski definition) is 25. The number of carboxylic acid groups (broad SMARTS) is 1. The monoisotopic (exact) mass is 1160 g/mol. The highest BCUT2D eigenvalue weighted by Crippen LogP contribution is 2.76. The molecule has 0 aromatic rings. The molecule has 4 aliphatic heterocycles. The van der Waals surface area contributed by atoms with Crippen molar-refractivity contribution >= 4 is 17.9 Å². The first-order valence-corrected chi connectivity index (χ1v) is 28.3. The van der Waals surface area contributed by atoms with Gasteiger partial charge >= 0.3 is 17.9 Å². The van der Waals surface area contributed by atoms with E-state index in [1.807, 2.05) is 6.92 Å². The largest absolute Gasteiger partial charge is 0.481 e. The number of aliphatic hydroxyl groups excluding tert-OH is 13. The molecule has 8 fully saturated rings. The Kier molecular flexibility index (Phi) is 17.5. The molecule has 462 valence electrons. The number of carbonyl (C=O) groups is 3. The van der Waals surface area contributed by atoms with Crippen LogP contribution in [0.2, 0.25) is 0 Å². The van der Waals surface area contributed by atoms with Gasteiger partial charge in [0.15, 0.2) is 31.1 Å². The van der Waals surface area contributed by atoms with Crippen molar-refractivity contribution in [2.24, 2.45) is 50.2 Å². The van der Waals surface area contributed by atoms with Gasteiger partial charge in [0.05, 0.1) is 43.5 Å². The fraction of sp³-hybridized carbons (Fsp3) is 0.909. The molecule has 0 aromatic carbocycles. The van der Waals surface area contributed by atoms with Gasteiger partial charge in [0, 0.05) is 6.92 Å². The van der Waals surface area contributed by atoms with E-state index >= 15 is 4.79 Å². The maximum Gasteiger partial charge on any atom is 0.317 e. The SMILES string of the molecule is CC(=O)O[C@@H]1[C@@H](O)[C@@H](O)[C@H](O[C@H]2[C@H](OC(=O)[C@]34CCC(C)(C)C[C@H]3C3=CC[C@@H]5[C@@]6(C)C[C@H](O)[C@H](O[C@@H]7O[C@H](CO)[C@@H](O)[C@H](O[C@@H]8O[C@H](CO)[C@@H](O)[C@H](O)[C@H]8O)[C@H]7O)[C@@](C)(C(=O)O)[C@@H]6CC[C@@]5(C)[C@]3(C)C[C@H]4O)OC[C@H](O)[C@@H]2O)O[C@H]1C. The highest BCUT2D eigenvalue weighted by atomic mass is 16.8. The van der Waals surface area contributed by atoms with Crippen LogP contribution >= 0.6 is 0 Å². The molecule has 26 heteroatoms. The fourth-order valence-corrected chi connectivity index (χ4v) is 16.7. The third-order valence-electron chi connectivity index (χ3n) is 21.4. The number of hydrogen-bond donors (Lipinski definition) is 14. The van der Waals surface area contributed by atoms with E-state index in [0.717, 1.165) is 12.5 Å². The van der Waals surface area contributed by atoms with Crippen LogP contribution in [-0.2, 0) is 57.0 Å². The van der Waals surface area contributed by atoms with Gasteiger partial charge in [-0.2, -0.15) is 0 Å². The van der Waals surface area contributed by atoms with Crippen molar-refractivity contribution < 1.29 is 129 Å². The first kappa shape index (κ1) is 62.9. The number of ether oxygens (including phenoxy) is 9. The summed E-state index contributed by atoms with van der Waals surface area (Å²) in [6, 6.07) is 0. The molecule has 0 aromatic heterocycles. The standard InChI is InChI=1S/C55H86O26/c1-21-40(75-22(2)58)36(66)38(68)44(74-21)79-42-32(62)26(60)20-73-47(42)81-49(72)55-14-13-50(3,4)15-24(55)23-9-10-29-51(5)16-25(59)43(54(8,48(70)71)30(51)11-12-52(29,6)53(23,7)17-31(55)61)80-46-39(69)41(34(64)28(19-57)77-46)78-45-37(67)35(65)33(63)27(18-56)76-45/h9,21,24-47,56-57,59-69H,10-20H2,1-8H3,(H,70,71)/t21-,24-,25-,26-,27+,28+,29+,30+,31+,32-,33+,34+,35-,36-,37+,38+,39+,40-,41-,42+,43-,44-,45-,46-,47-,51+,52+,53+,54-,55+/m0/s1. The second-order valence-corrected chi connectivity index (χ2v) is 26.4. The highest BCUT2D eigenvalue weighted by Gasteiger charge is 2.74. The Bertz CT molecular complexity index is 2340. The van der Waals surface area contributed by atoms with Crippen LogP contribution in [-0.4, -0.2) is 244 Å².